The zero-order chi connectivity index (χ0) is 14.6. The van der Waals surface area contributed by atoms with Crippen molar-refractivity contribution in [2.75, 3.05) is 19.7 Å². The predicted molar refractivity (Wildman–Crippen MR) is 80.0 cm³/mol. The van der Waals surface area contributed by atoms with Crippen molar-refractivity contribution in [2.24, 2.45) is 11.1 Å². The Balaban J connectivity index is 2.02. The third-order valence-electron chi connectivity index (χ3n) is 4.51. The molecule has 4 heteroatoms. The quantitative estimate of drug-likeness (QED) is 0.836. The van der Waals surface area contributed by atoms with Crippen LogP contribution in [0.3, 0.4) is 0 Å². The van der Waals surface area contributed by atoms with E-state index in [1.807, 2.05) is 18.2 Å². The van der Waals surface area contributed by atoms with Crippen molar-refractivity contribution in [2.45, 2.75) is 33.1 Å². The number of carbonyl (C=O) groups excluding carboxylic acids is 1. The first kappa shape index (κ1) is 14.9. The standard InChI is InChI=1S/C16H24N2O2/c1-3-16(4-2,10-17)11-18-15(19)13-5-6-14-12(9-13)7-8-20-14/h5-6,9H,3-4,7-8,10-11,17H2,1-2H3,(H,18,19). The fourth-order valence-corrected chi connectivity index (χ4v) is 2.56. The molecule has 1 heterocycles. The Bertz CT molecular complexity index is 473. The molecule has 0 saturated heterocycles. The smallest absolute Gasteiger partial charge is 0.251 e. The van der Waals surface area contributed by atoms with Crippen LogP contribution in [0.4, 0.5) is 0 Å². The molecule has 0 aromatic heterocycles. The number of hydrogen-bond donors (Lipinski definition) is 2. The summed E-state index contributed by atoms with van der Waals surface area (Å²) in [5.41, 5.74) is 7.69. The zero-order valence-electron chi connectivity index (χ0n) is 12.4. The highest BCUT2D eigenvalue weighted by atomic mass is 16.5. The third-order valence-corrected chi connectivity index (χ3v) is 4.51. The lowest BCUT2D eigenvalue weighted by Gasteiger charge is -2.30. The molecule has 1 aliphatic rings. The van der Waals surface area contributed by atoms with Gasteiger partial charge in [0.05, 0.1) is 6.61 Å². The fraction of sp³-hybridized carbons (Fsp3) is 0.562. The van der Waals surface area contributed by atoms with E-state index in [1.54, 1.807) is 0 Å². The van der Waals surface area contributed by atoms with Gasteiger partial charge in [-0.1, -0.05) is 13.8 Å². The van der Waals surface area contributed by atoms with Crippen LogP contribution in [-0.2, 0) is 6.42 Å². The van der Waals surface area contributed by atoms with E-state index in [0.29, 0.717) is 25.3 Å². The van der Waals surface area contributed by atoms with Crippen molar-refractivity contribution in [1.29, 1.82) is 0 Å². The summed E-state index contributed by atoms with van der Waals surface area (Å²) >= 11 is 0. The maximum absolute atomic E-state index is 12.2. The van der Waals surface area contributed by atoms with Crippen molar-refractivity contribution < 1.29 is 9.53 Å². The van der Waals surface area contributed by atoms with Gasteiger partial charge in [0.1, 0.15) is 5.75 Å². The predicted octanol–water partition coefficient (Wildman–Crippen LogP) is 2.12. The highest BCUT2D eigenvalue weighted by molar-refractivity contribution is 5.94. The normalized spacial score (nSPS) is 13.8. The molecule has 0 spiro atoms. The Morgan fingerprint density at radius 1 is 1.40 bits per heavy atom. The van der Waals surface area contributed by atoms with Crippen LogP contribution < -0.4 is 15.8 Å². The van der Waals surface area contributed by atoms with Crippen molar-refractivity contribution in [3.05, 3.63) is 29.3 Å². The number of hydrogen-bond acceptors (Lipinski definition) is 3. The van der Waals surface area contributed by atoms with E-state index in [0.717, 1.165) is 30.6 Å². The monoisotopic (exact) mass is 276 g/mol. The summed E-state index contributed by atoms with van der Waals surface area (Å²) in [7, 11) is 0. The summed E-state index contributed by atoms with van der Waals surface area (Å²) in [5.74, 6) is 0.874. The number of ether oxygens (including phenoxy) is 1. The van der Waals surface area contributed by atoms with Crippen molar-refractivity contribution >= 4 is 5.91 Å². The molecule has 1 aromatic rings. The van der Waals surface area contributed by atoms with Gasteiger partial charge in [0.25, 0.3) is 5.91 Å². The summed E-state index contributed by atoms with van der Waals surface area (Å²) in [6.07, 6.45) is 2.82. The molecular formula is C16H24N2O2. The van der Waals surface area contributed by atoms with E-state index in [-0.39, 0.29) is 11.3 Å². The molecule has 0 aliphatic carbocycles. The van der Waals surface area contributed by atoms with Crippen molar-refractivity contribution in [3.63, 3.8) is 0 Å². The first-order valence-electron chi connectivity index (χ1n) is 7.38. The maximum atomic E-state index is 12.2. The van der Waals surface area contributed by atoms with Crippen molar-refractivity contribution in [1.82, 2.24) is 5.32 Å². The molecule has 0 atom stereocenters. The minimum absolute atomic E-state index is 0.00942. The Hall–Kier alpha value is -1.55. The summed E-state index contributed by atoms with van der Waals surface area (Å²) in [5, 5.41) is 3.02. The van der Waals surface area contributed by atoms with Gasteiger partial charge in [0.2, 0.25) is 0 Å². The molecule has 1 aromatic carbocycles. The first-order valence-corrected chi connectivity index (χ1v) is 7.38. The zero-order valence-corrected chi connectivity index (χ0v) is 12.4. The van der Waals surface area contributed by atoms with Crippen molar-refractivity contribution in [3.8, 4) is 5.75 Å². The van der Waals surface area contributed by atoms with E-state index in [2.05, 4.69) is 19.2 Å². The van der Waals surface area contributed by atoms with Crippen LogP contribution in [0.1, 0.15) is 42.6 Å². The molecular weight excluding hydrogens is 252 g/mol. The number of rotatable bonds is 6. The number of nitrogens with one attached hydrogen (secondary N) is 1. The topological polar surface area (TPSA) is 64.3 Å². The molecule has 1 amide bonds. The largest absolute Gasteiger partial charge is 0.493 e. The Labute approximate surface area is 120 Å². The lowest BCUT2D eigenvalue weighted by molar-refractivity contribution is 0.0928. The van der Waals surface area contributed by atoms with Gasteiger partial charge in [-0.15, -0.1) is 0 Å². The molecule has 4 nitrogen and oxygen atoms in total. The molecule has 0 radical (unpaired) electrons. The second-order valence-corrected chi connectivity index (χ2v) is 5.51. The molecule has 0 unspecified atom stereocenters. The van der Waals surface area contributed by atoms with E-state index in [4.69, 9.17) is 10.5 Å². The van der Waals surface area contributed by atoms with Gasteiger partial charge >= 0.3 is 0 Å². The van der Waals surface area contributed by atoms with E-state index < -0.39 is 0 Å². The highest BCUT2D eigenvalue weighted by Gasteiger charge is 2.25. The average molecular weight is 276 g/mol. The molecule has 1 aliphatic heterocycles. The summed E-state index contributed by atoms with van der Waals surface area (Å²) in [6.45, 7) is 6.17. The molecule has 0 bridgehead atoms. The second kappa shape index (κ2) is 6.27. The van der Waals surface area contributed by atoms with Gasteiger partial charge in [-0.3, -0.25) is 4.79 Å². The Kier molecular flexibility index (Phi) is 4.65. The van der Waals surface area contributed by atoms with Gasteiger partial charge in [0.15, 0.2) is 0 Å². The van der Waals surface area contributed by atoms with Crippen LogP contribution in [0, 0.1) is 5.41 Å². The Morgan fingerprint density at radius 2 is 2.15 bits per heavy atom. The van der Waals surface area contributed by atoms with Gasteiger partial charge in [-0.2, -0.15) is 0 Å². The van der Waals surface area contributed by atoms with Crippen LogP contribution in [0.2, 0.25) is 0 Å². The lowest BCUT2D eigenvalue weighted by atomic mass is 9.82. The van der Waals surface area contributed by atoms with Crippen LogP contribution >= 0.6 is 0 Å². The fourth-order valence-electron chi connectivity index (χ4n) is 2.56. The number of fused-ring (bicyclic) bond motifs is 1. The Morgan fingerprint density at radius 3 is 2.80 bits per heavy atom. The molecule has 0 saturated carbocycles. The second-order valence-electron chi connectivity index (χ2n) is 5.51. The van der Waals surface area contributed by atoms with Gasteiger partial charge < -0.3 is 15.8 Å². The molecule has 20 heavy (non-hydrogen) atoms. The SMILES string of the molecule is CCC(CC)(CN)CNC(=O)c1ccc2c(c1)CCO2. The number of benzene rings is 1. The number of amides is 1. The van der Waals surface area contributed by atoms with E-state index >= 15 is 0 Å². The minimum Gasteiger partial charge on any atom is -0.493 e. The molecule has 3 N–H and O–H groups in total. The third kappa shape index (κ3) is 2.96. The van der Waals surface area contributed by atoms with E-state index in [9.17, 15) is 4.79 Å². The highest BCUT2D eigenvalue weighted by Crippen LogP contribution is 2.26. The van der Waals surface area contributed by atoms with Crippen LogP contribution in [0.5, 0.6) is 5.75 Å². The van der Waals surface area contributed by atoms with E-state index in [1.165, 1.54) is 0 Å². The van der Waals surface area contributed by atoms with Crippen LogP contribution in [-0.4, -0.2) is 25.6 Å². The molecule has 2 rings (SSSR count). The minimum atomic E-state index is -0.0283. The summed E-state index contributed by atoms with van der Waals surface area (Å²) in [4.78, 5) is 12.2. The van der Waals surface area contributed by atoms with Gasteiger partial charge in [-0.05, 0) is 48.6 Å². The van der Waals surface area contributed by atoms with Gasteiger partial charge in [0, 0.05) is 18.5 Å². The van der Waals surface area contributed by atoms with Gasteiger partial charge in [-0.25, -0.2) is 0 Å². The summed E-state index contributed by atoms with van der Waals surface area (Å²) < 4.78 is 5.45. The van der Waals surface area contributed by atoms with Crippen LogP contribution in [0.25, 0.3) is 0 Å². The molecule has 0 fully saturated rings. The summed E-state index contributed by atoms with van der Waals surface area (Å²) in [6, 6.07) is 5.63. The maximum Gasteiger partial charge on any atom is 0.251 e. The number of nitrogens with two attached hydrogens (primary N) is 1. The number of carbonyl (C=O) groups is 1. The average Bonchev–Trinajstić information content (AvgIpc) is 2.96. The molecule has 110 valence electrons. The lowest BCUT2D eigenvalue weighted by Crippen LogP contribution is -2.41. The van der Waals surface area contributed by atoms with Crippen LogP contribution in [0.15, 0.2) is 18.2 Å². The first-order chi connectivity index (χ1) is 9.64.